The van der Waals surface area contributed by atoms with Crippen LogP contribution in [0.25, 0.3) is 0 Å². The third-order valence-corrected chi connectivity index (χ3v) is 6.12. The van der Waals surface area contributed by atoms with Crippen molar-refractivity contribution in [1.82, 2.24) is 0 Å². The fourth-order valence-electron chi connectivity index (χ4n) is 2.52. The first-order valence-corrected chi connectivity index (χ1v) is 11.9. The number of hydrogen-bond acceptors (Lipinski definition) is 3. The van der Waals surface area contributed by atoms with Gasteiger partial charge in [0, 0.05) is 0 Å². The van der Waals surface area contributed by atoms with Gasteiger partial charge in [0.1, 0.15) is 0 Å². The van der Waals surface area contributed by atoms with Crippen molar-refractivity contribution in [3.05, 3.63) is 0 Å². The van der Waals surface area contributed by atoms with Crippen LogP contribution in [0, 0.1) is 0 Å². The van der Waals surface area contributed by atoms with Crippen LogP contribution in [0.3, 0.4) is 0 Å². The van der Waals surface area contributed by atoms with Crippen LogP contribution in [-0.2, 0) is 13.6 Å². The molecule has 0 fully saturated rings. The van der Waals surface area contributed by atoms with Crippen LogP contribution in [0.4, 0.5) is 114 Å². The van der Waals surface area contributed by atoms with Gasteiger partial charge in [0.05, 0.1) is 0 Å². The van der Waals surface area contributed by atoms with E-state index in [2.05, 4.69) is 0 Å². The molecule has 0 radical (unpaired) electrons. The minimum atomic E-state index is -8.37. The third-order valence-electron chi connectivity index (χ3n) is 5.22. The summed E-state index contributed by atoms with van der Waals surface area (Å²) in [6, 6.07) is 0. The van der Waals surface area contributed by atoms with Gasteiger partial charge in [0.25, 0.3) is 25.6 Å². The summed E-state index contributed by atoms with van der Waals surface area (Å²) in [6.07, 6.45) is -44.9. The lowest BCUT2D eigenvalue weighted by molar-refractivity contribution is -0.401. The second kappa shape index (κ2) is 13.5. The van der Waals surface area contributed by atoms with Gasteiger partial charge in [-0.15, -0.1) is 0 Å². The van der Waals surface area contributed by atoms with Crippen molar-refractivity contribution in [1.29, 1.82) is 0 Å². The fraction of sp³-hybridized carbons (Fsp3) is 1.00. The number of alkyl halides is 26. The van der Waals surface area contributed by atoms with E-state index in [0.717, 1.165) is 0 Å². The molecule has 0 rings (SSSR count). The summed E-state index contributed by atoms with van der Waals surface area (Å²) in [7, 11) is -8.13. The Morgan fingerprint density at radius 2 is 0.596 bits per heavy atom. The molecule has 31 heteroatoms. The van der Waals surface area contributed by atoms with Gasteiger partial charge in [-0.3, -0.25) is 0 Å². The van der Waals surface area contributed by atoms with Crippen LogP contribution in [0.2, 0.25) is 0 Å². The van der Waals surface area contributed by atoms with Crippen LogP contribution in [-0.4, -0.2) is 103 Å². The molecule has 0 amide bonds. The van der Waals surface area contributed by atoms with Crippen LogP contribution in [0.5, 0.6) is 0 Å². The number of rotatable bonds is 18. The molecule has 6 unspecified atom stereocenters. The van der Waals surface area contributed by atoms with Gasteiger partial charge in [-0.05, 0) is 0 Å². The lowest BCUT2D eigenvalue weighted by Crippen LogP contribution is -2.68. The standard InChI is InChI=1S/C16H9F26O4P/c17-1(5(21)22)3(19)9(27,28)13(35,36)15(39,40)11(31,32)7(25)45-47(43,44)46-8(26)12(33,34)16(41,42)14(37,38)10(29,30)4(20)2(18)6(23)24/h1-8H,(H,43,44). The molecule has 0 aliphatic heterocycles. The first kappa shape index (κ1) is 45.3. The minimum absolute atomic E-state index is 2.05. The highest BCUT2D eigenvalue weighted by molar-refractivity contribution is 7.47. The molecule has 1 N–H and O–H groups in total. The van der Waals surface area contributed by atoms with E-state index < -0.39 is 105 Å². The zero-order valence-electron chi connectivity index (χ0n) is 20.6. The van der Waals surface area contributed by atoms with E-state index in [-0.39, 0.29) is 0 Å². The topological polar surface area (TPSA) is 55.8 Å². The molecule has 0 spiro atoms. The average Bonchev–Trinajstić information content (AvgIpc) is 2.89. The molecule has 284 valence electrons. The van der Waals surface area contributed by atoms with E-state index in [1.165, 1.54) is 0 Å². The molecule has 0 aliphatic carbocycles. The minimum Gasteiger partial charge on any atom is -0.302 e. The van der Waals surface area contributed by atoms with Crippen LogP contribution in [0.1, 0.15) is 0 Å². The highest BCUT2D eigenvalue weighted by Crippen LogP contribution is 2.61. The van der Waals surface area contributed by atoms with Crippen molar-refractivity contribution in [3.63, 3.8) is 0 Å². The van der Waals surface area contributed by atoms with Gasteiger partial charge in [0.15, 0.2) is 12.3 Å². The van der Waals surface area contributed by atoms with E-state index in [1.54, 1.807) is 0 Å². The smallest absolute Gasteiger partial charge is 0.302 e. The number of hydrogen-bond donors (Lipinski definition) is 1. The van der Waals surface area contributed by atoms with Crippen molar-refractivity contribution in [2.24, 2.45) is 0 Å². The number of phosphoric acid groups is 1. The molecule has 47 heavy (non-hydrogen) atoms. The van der Waals surface area contributed by atoms with Crippen LogP contribution in [0.15, 0.2) is 0 Å². The SMILES string of the molecule is O=P(O)(OC(F)C(F)(F)C(F)(F)C(F)(F)C(F)(F)C(F)C(F)C(F)F)OC(F)C(F)(F)C(F)(F)C(F)(F)C(F)(F)C(F)C(F)C(F)F. The van der Waals surface area contributed by atoms with Crippen LogP contribution >= 0.6 is 7.82 Å². The second-order valence-electron chi connectivity index (χ2n) is 8.46. The van der Waals surface area contributed by atoms with E-state index in [1.807, 2.05) is 9.05 Å². The van der Waals surface area contributed by atoms with Crippen molar-refractivity contribution >= 4 is 7.82 Å². The maximum atomic E-state index is 13.6. The lowest BCUT2D eigenvalue weighted by Gasteiger charge is -2.39. The summed E-state index contributed by atoms with van der Waals surface area (Å²) in [6.45, 7) is 0. The van der Waals surface area contributed by atoms with E-state index in [4.69, 9.17) is 4.89 Å². The van der Waals surface area contributed by atoms with E-state index in [9.17, 15) is 119 Å². The Hall–Kier alpha value is -1.71. The molecule has 0 aromatic carbocycles. The van der Waals surface area contributed by atoms with Gasteiger partial charge in [0.2, 0.25) is 12.3 Å². The van der Waals surface area contributed by atoms with Gasteiger partial charge in [-0.2, -0.15) is 70.2 Å². The largest absolute Gasteiger partial charge is 0.477 e. The molecule has 0 heterocycles. The maximum Gasteiger partial charge on any atom is 0.477 e. The highest BCUT2D eigenvalue weighted by atomic mass is 31.2. The molecule has 0 saturated carbocycles. The van der Waals surface area contributed by atoms with E-state index in [0.29, 0.717) is 0 Å². The van der Waals surface area contributed by atoms with Crippen molar-refractivity contribution in [2.45, 2.75) is 97.6 Å². The molecule has 0 bridgehead atoms. The summed E-state index contributed by atoms with van der Waals surface area (Å²) in [5.41, 5.74) is 0. The highest BCUT2D eigenvalue weighted by Gasteiger charge is 2.87. The fourth-order valence-corrected chi connectivity index (χ4v) is 3.30. The van der Waals surface area contributed by atoms with Gasteiger partial charge < -0.3 is 4.89 Å². The predicted octanol–water partition coefficient (Wildman–Crippen LogP) is 8.68. The van der Waals surface area contributed by atoms with Gasteiger partial charge in [-0.1, -0.05) is 0 Å². The molecule has 6 atom stereocenters. The maximum absolute atomic E-state index is 13.6. The zero-order chi connectivity index (χ0) is 38.5. The first-order valence-electron chi connectivity index (χ1n) is 10.4. The number of halogens is 26. The molecule has 0 saturated heterocycles. The molecular formula is C16H9F26O4P. The van der Waals surface area contributed by atoms with E-state index >= 15 is 0 Å². The summed E-state index contributed by atoms with van der Waals surface area (Å²) in [5.74, 6) is -64.7. The first-order chi connectivity index (χ1) is 20.3. The second-order valence-corrected chi connectivity index (χ2v) is 9.82. The monoisotopic (exact) mass is 790 g/mol. The molecule has 0 aromatic heterocycles. The lowest BCUT2D eigenvalue weighted by atomic mass is 9.94. The Kier molecular flexibility index (Phi) is 13.0. The summed E-state index contributed by atoms with van der Waals surface area (Å²) < 4.78 is 358. The van der Waals surface area contributed by atoms with Crippen molar-refractivity contribution < 1.29 is 133 Å². The Morgan fingerprint density at radius 3 is 0.787 bits per heavy atom. The van der Waals surface area contributed by atoms with Gasteiger partial charge >= 0.3 is 55.2 Å². The van der Waals surface area contributed by atoms with Gasteiger partial charge in [-0.25, -0.2) is 57.5 Å². The summed E-state index contributed by atoms with van der Waals surface area (Å²) in [4.78, 5) is 8.70. The molecular weight excluding hydrogens is 781 g/mol. The normalized spacial score (nSPS) is 20.5. The predicted molar refractivity (Wildman–Crippen MR) is 93.0 cm³/mol. The average molecular weight is 790 g/mol. The Balaban J connectivity index is 6.41. The quantitative estimate of drug-likeness (QED) is 0.112. The third kappa shape index (κ3) is 7.57. The van der Waals surface area contributed by atoms with Crippen molar-refractivity contribution in [3.8, 4) is 0 Å². The van der Waals surface area contributed by atoms with Crippen molar-refractivity contribution in [2.75, 3.05) is 0 Å². The Morgan fingerprint density at radius 1 is 0.404 bits per heavy atom. The molecule has 0 aliphatic rings. The van der Waals surface area contributed by atoms with Crippen LogP contribution < -0.4 is 0 Å². The zero-order valence-corrected chi connectivity index (χ0v) is 21.5. The summed E-state index contributed by atoms with van der Waals surface area (Å²) in [5, 5.41) is 0. The summed E-state index contributed by atoms with van der Waals surface area (Å²) >= 11 is 0. The molecule has 0 aromatic rings. The Labute approximate surface area is 239 Å². The number of phosphoric ester groups is 1. The Bertz CT molecular complexity index is 1020. The molecule has 4 nitrogen and oxygen atoms in total.